The second-order valence-corrected chi connectivity index (χ2v) is 6.40. The topological polar surface area (TPSA) is 74.8 Å². The molecule has 1 saturated heterocycles. The Morgan fingerprint density at radius 2 is 2.04 bits per heavy atom. The molecule has 7 heteroatoms. The summed E-state index contributed by atoms with van der Waals surface area (Å²) in [5, 5.41) is 9.71. The van der Waals surface area contributed by atoms with Crippen LogP contribution in [-0.4, -0.2) is 50.8 Å². The fourth-order valence-electron chi connectivity index (χ4n) is 2.57. The number of rotatable bonds is 6. The maximum atomic E-state index is 12.0. The average Bonchev–Trinajstić information content (AvgIpc) is 3.01. The van der Waals surface area contributed by atoms with Crippen molar-refractivity contribution in [2.75, 3.05) is 33.3 Å². The molecule has 0 spiro atoms. The number of hydrogen-bond donors (Lipinski definition) is 3. The molecule has 1 amide bonds. The van der Waals surface area contributed by atoms with Gasteiger partial charge in [0.05, 0.1) is 16.2 Å². The quantitative estimate of drug-likeness (QED) is 0.414. The molecule has 1 aliphatic rings. The summed E-state index contributed by atoms with van der Waals surface area (Å²) in [6, 6.07) is 6.99. The predicted molar refractivity (Wildman–Crippen MR) is 96.7 cm³/mol. The third-order valence-corrected chi connectivity index (χ3v) is 4.30. The summed E-state index contributed by atoms with van der Waals surface area (Å²) in [6.45, 7) is 4.66. The highest BCUT2D eigenvalue weighted by molar-refractivity contribution is 6.33. The van der Waals surface area contributed by atoms with Crippen molar-refractivity contribution in [1.29, 1.82) is 0 Å². The highest BCUT2D eigenvalue weighted by atomic mass is 35.5. The third kappa shape index (κ3) is 5.39. The zero-order chi connectivity index (χ0) is 17.4. The number of carbonyl (C=O) groups is 1. The fourth-order valence-corrected chi connectivity index (χ4v) is 2.79. The molecule has 1 unspecified atom stereocenters. The first-order valence-electron chi connectivity index (χ1n) is 8.15. The normalized spacial score (nSPS) is 20.7. The number of aliphatic imine (C=N–C) groups is 1. The summed E-state index contributed by atoms with van der Waals surface area (Å²) in [5.74, 6) is 0.510. The molecule has 1 fully saturated rings. The van der Waals surface area contributed by atoms with Crippen molar-refractivity contribution >= 4 is 23.5 Å². The number of nitrogens with one attached hydrogen (secondary N) is 3. The van der Waals surface area contributed by atoms with Gasteiger partial charge in [-0.3, -0.25) is 9.79 Å². The highest BCUT2D eigenvalue weighted by Crippen LogP contribution is 2.23. The lowest BCUT2D eigenvalue weighted by Crippen LogP contribution is -2.47. The van der Waals surface area contributed by atoms with Gasteiger partial charge in [0.1, 0.15) is 0 Å². The Morgan fingerprint density at radius 3 is 2.71 bits per heavy atom. The summed E-state index contributed by atoms with van der Waals surface area (Å²) in [6.07, 6.45) is 2.14. The first-order valence-corrected chi connectivity index (χ1v) is 8.53. The van der Waals surface area contributed by atoms with Gasteiger partial charge in [0.2, 0.25) is 0 Å². The van der Waals surface area contributed by atoms with Gasteiger partial charge in [-0.15, -0.1) is 0 Å². The van der Waals surface area contributed by atoms with Gasteiger partial charge in [0.15, 0.2) is 5.96 Å². The first-order chi connectivity index (χ1) is 11.5. The second-order valence-electron chi connectivity index (χ2n) is 5.99. The van der Waals surface area contributed by atoms with E-state index >= 15 is 0 Å². The monoisotopic (exact) mass is 352 g/mol. The molecule has 0 saturated carbocycles. The molecule has 6 nitrogen and oxygen atoms in total. The summed E-state index contributed by atoms with van der Waals surface area (Å²) >= 11 is 6.00. The van der Waals surface area contributed by atoms with Gasteiger partial charge in [-0.2, -0.15) is 0 Å². The second kappa shape index (κ2) is 8.89. The molecule has 2 rings (SSSR count). The predicted octanol–water partition coefficient (Wildman–Crippen LogP) is 1.80. The van der Waals surface area contributed by atoms with Crippen LogP contribution < -0.4 is 16.0 Å². The van der Waals surface area contributed by atoms with Crippen LogP contribution in [0.1, 0.15) is 30.1 Å². The van der Waals surface area contributed by atoms with E-state index in [1.54, 1.807) is 31.3 Å². The zero-order valence-corrected chi connectivity index (χ0v) is 14.9. The molecule has 3 N–H and O–H groups in total. The lowest BCUT2D eigenvalue weighted by atomic mass is 10.0. The largest absolute Gasteiger partial charge is 0.373 e. The lowest BCUT2D eigenvalue weighted by Gasteiger charge is -2.24. The van der Waals surface area contributed by atoms with E-state index in [0.717, 1.165) is 19.4 Å². The van der Waals surface area contributed by atoms with Crippen molar-refractivity contribution in [3.05, 3.63) is 34.9 Å². The number of benzene rings is 1. The highest BCUT2D eigenvalue weighted by Gasteiger charge is 2.29. The lowest BCUT2D eigenvalue weighted by molar-refractivity contribution is 0.0243. The molecule has 1 aromatic rings. The van der Waals surface area contributed by atoms with E-state index in [1.165, 1.54) is 0 Å². The van der Waals surface area contributed by atoms with Gasteiger partial charge in [-0.1, -0.05) is 23.7 Å². The van der Waals surface area contributed by atoms with Crippen LogP contribution in [0.2, 0.25) is 5.02 Å². The summed E-state index contributed by atoms with van der Waals surface area (Å²) in [7, 11) is 1.72. The van der Waals surface area contributed by atoms with Crippen molar-refractivity contribution in [2.45, 2.75) is 25.4 Å². The van der Waals surface area contributed by atoms with Crippen LogP contribution >= 0.6 is 11.6 Å². The van der Waals surface area contributed by atoms with Crippen LogP contribution in [-0.2, 0) is 4.74 Å². The Bertz CT molecular complexity index is 586. The van der Waals surface area contributed by atoms with E-state index in [4.69, 9.17) is 16.3 Å². The van der Waals surface area contributed by atoms with E-state index in [1.807, 2.05) is 0 Å². The molecule has 1 aromatic carbocycles. The minimum absolute atomic E-state index is 0.129. The van der Waals surface area contributed by atoms with Crippen LogP contribution in [0.15, 0.2) is 29.3 Å². The molecular weight excluding hydrogens is 328 g/mol. The van der Waals surface area contributed by atoms with Crippen LogP contribution in [0.25, 0.3) is 0 Å². The first kappa shape index (κ1) is 18.5. The molecule has 132 valence electrons. The van der Waals surface area contributed by atoms with Crippen LogP contribution in [0.3, 0.4) is 0 Å². The molecule has 1 atom stereocenters. The maximum Gasteiger partial charge on any atom is 0.252 e. The van der Waals surface area contributed by atoms with Crippen molar-refractivity contribution in [3.8, 4) is 0 Å². The van der Waals surface area contributed by atoms with Crippen LogP contribution in [0.4, 0.5) is 0 Å². The van der Waals surface area contributed by atoms with Crippen LogP contribution in [0.5, 0.6) is 0 Å². The van der Waals surface area contributed by atoms with Crippen molar-refractivity contribution < 1.29 is 9.53 Å². The van der Waals surface area contributed by atoms with Gasteiger partial charge >= 0.3 is 0 Å². The van der Waals surface area contributed by atoms with Gasteiger partial charge < -0.3 is 20.7 Å². The van der Waals surface area contributed by atoms with E-state index in [0.29, 0.717) is 36.2 Å². The zero-order valence-electron chi connectivity index (χ0n) is 14.2. The molecular formula is C17H25ClN4O2. The average molecular weight is 353 g/mol. The third-order valence-electron chi connectivity index (χ3n) is 3.98. The Hall–Kier alpha value is -1.79. The molecule has 0 bridgehead atoms. The minimum Gasteiger partial charge on any atom is -0.373 e. The number of nitrogens with zero attached hydrogens (tertiary/aromatic N) is 1. The number of ether oxygens (including phenoxy) is 1. The van der Waals surface area contributed by atoms with Crippen LogP contribution in [0, 0.1) is 0 Å². The standard InChI is InChI=1S/C17H25ClN4O2/c1-17(8-5-11-24-17)12-22-16(19-2)21-10-9-20-15(23)13-6-3-4-7-14(13)18/h3-4,6-7H,5,8-12H2,1-2H3,(H,20,23)(H2,19,21,22). The van der Waals surface area contributed by atoms with Gasteiger partial charge in [0.25, 0.3) is 5.91 Å². The Morgan fingerprint density at radius 1 is 1.29 bits per heavy atom. The Kier molecular flexibility index (Phi) is 6.87. The maximum absolute atomic E-state index is 12.0. The van der Waals surface area contributed by atoms with E-state index < -0.39 is 0 Å². The van der Waals surface area contributed by atoms with Gasteiger partial charge in [-0.25, -0.2) is 0 Å². The summed E-state index contributed by atoms with van der Waals surface area (Å²) < 4.78 is 5.74. The molecule has 0 radical (unpaired) electrons. The Balaban J connectivity index is 1.68. The van der Waals surface area contributed by atoms with E-state index in [2.05, 4.69) is 27.9 Å². The van der Waals surface area contributed by atoms with Crippen molar-refractivity contribution in [1.82, 2.24) is 16.0 Å². The molecule has 1 heterocycles. The molecule has 0 aromatic heterocycles. The summed E-state index contributed by atoms with van der Waals surface area (Å²) in [5.41, 5.74) is 0.351. The Labute approximate surface area is 148 Å². The van der Waals surface area contributed by atoms with Gasteiger partial charge in [0, 0.05) is 33.3 Å². The summed E-state index contributed by atoms with van der Waals surface area (Å²) in [4.78, 5) is 16.2. The number of carbonyl (C=O) groups excluding carboxylic acids is 1. The van der Waals surface area contributed by atoms with E-state index in [9.17, 15) is 4.79 Å². The van der Waals surface area contributed by atoms with Crippen molar-refractivity contribution in [3.63, 3.8) is 0 Å². The number of guanidine groups is 1. The number of halogens is 1. The van der Waals surface area contributed by atoms with E-state index in [-0.39, 0.29) is 11.5 Å². The SMILES string of the molecule is CN=C(NCCNC(=O)c1ccccc1Cl)NCC1(C)CCCO1. The number of amides is 1. The van der Waals surface area contributed by atoms with Crippen molar-refractivity contribution in [2.24, 2.45) is 4.99 Å². The smallest absolute Gasteiger partial charge is 0.252 e. The van der Waals surface area contributed by atoms with Gasteiger partial charge in [-0.05, 0) is 31.9 Å². The fraction of sp³-hybridized carbons (Fsp3) is 0.529. The number of hydrogen-bond acceptors (Lipinski definition) is 3. The molecule has 0 aliphatic carbocycles. The minimum atomic E-state index is -0.183. The molecule has 1 aliphatic heterocycles. The molecule has 24 heavy (non-hydrogen) atoms.